The summed E-state index contributed by atoms with van der Waals surface area (Å²) in [5.74, 6) is 2.54. The van der Waals surface area contributed by atoms with Crippen molar-refractivity contribution in [1.82, 2.24) is 5.32 Å². The maximum atomic E-state index is 5.84. The zero-order chi connectivity index (χ0) is 13.7. The lowest BCUT2D eigenvalue weighted by atomic mass is 9.73. The first kappa shape index (κ1) is 14.2. The third kappa shape index (κ3) is 3.87. The molecule has 1 aromatic carbocycles. The van der Waals surface area contributed by atoms with Crippen LogP contribution in [0.2, 0.25) is 0 Å². The van der Waals surface area contributed by atoms with E-state index in [1.807, 2.05) is 24.3 Å². The Labute approximate surface area is 116 Å². The van der Waals surface area contributed by atoms with Gasteiger partial charge in [0, 0.05) is 13.1 Å². The van der Waals surface area contributed by atoms with Crippen LogP contribution < -0.4 is 14.8 Å². The molecule has 0 unspecified atom stereocenters. The van der Waals surface area contributed by atoms with Crippen LogP contribution in [0.5, 0.6) is 11.5 Å². The smallest absolute Gasteiger partial charge is 0.119 e. The van der Waals surface area contributed by atoms with Gasteiger partial charge < -0.3 is 14.8 Å². The van der Waals surface area contributed by atoms with E-state index in [0.717, 1.165) is 43.5 Å². The van der Waals surface area contributed by atoms with Gasteiger partial charge in [0.15, 0.2) is 0 Å². The number of rotatable bonds is 7. The molecular formula is C16H25NO2. The Hall–Kier alpha value is -1.22. The van der Waals surface area contributed by atoms with Gasteiger partial charge in [0.2, 0.25) is 0 Å². The summed E-state index contributed by atoms with van der Waals surface area (Å²) in [5.41, 5.74) is 0.459. The van der Waals surface area contributed by atoms with E-state index in [9.17, 15) is 0 Å². The Bertz CT molecular complexity index is 382. The predicted octanol–water partition coefficient (Wildman–Crippen LogP) is 3.10. The van der Waals surface area contributed by atoms with E-state index in [1.54, 1.807) is 7.11 Å². The molecule has 1 heterocycles. The van der Waals surface area contributed by atoms with Crippen LogP contribution in [0.15, 0.2) is 24.3 Å². The van der Waals surface area contributed by atoms with Crippen molar-refractivity contribution in [3.05, 3.63) is 24.3 Å². The number of benzene rings is 1. The quantitative estimate of drug-likeness (QED) is 0.820. The molecule has 3 nitrogen and oxygen atoms in total. The summed E-state index contributed by atoms with van der Waals surface area (Å²) in [6.45, 7) is 7.66. The van der Waals surface area contributed by atoms with E-state index in [-0.39, 0.29) is 0 Å². The van der Waals surface area contributed by atoms with Crippen molar-refractivity contribution in [2.45, 2.75) is 26.7 Å². The molecule has 0 radical (unpaired) electrons. The van der Waals surface area contributed by atoms with Crippen molar-refractivity contribution in [3.63, 3.8) is 0 Å². The lowest BCUT2D eigenvalue weighted by molar-refractivity contribution is 0.0941. The van der Waals surface area contributed by atoms with Crippen LogP contribution in [0.1, 0.15) is 26.7 Å². The van der Waals surface area contributed by atoms with E-state index in [2.05, 4.69) is 19.2 Å². The molecule has 1 aromatic rings. The first-order valence-electron chi connectivity index (χ1n) is 7.11. The highest BCUT2D eigenvalue weighted by Crippen LogP contribution is 2.34. The minimum atomic E-state index is 0.459. The highest BCUT2D eigenvalue weighted by molar-refractivity contribution is 5.31. The van der Waals surface area contributed by atoms with Gasteiger partial charge in [0.25, 0.3) is 0 Å². The summed E-state index contributed by atoms with van der Waals surface area (Å²) < 4.78 is 11.0. The van der Waals surface area contributed by atoms with Crippen LogP contribution in [0.4, 0.5) is 0 Å². The van der Waals surface area contributed by atoms with Crippen molar-refractivity contribution in [2.75, 3.05) is 26.8 Å². The maximum absolute atomic E-state index is 5.84. The molecule has 1 saturated heterocycles. The molecule has 0 bridgehead atoms. The van der Waals surface area contributed by atoms with Crippen molar-refractivity contribution < 1.29 is 9.47 Å². The van der Waals surface area contributed by atoms with Gasteiger partial charge in [-0.2, -0.15) is 0 Å². The third-order valence-corrected chi connectivity index (χ3v) is 3.80. The molecule has 0 aromatic heterocycles. The number of ether oxygens (including phenoxy) is 2. The van der Waals surface area contributed by atoms with Gasteiger partial charge in [0.05, 0.1) is 13.7 Å². The standard InChI is InChI=1S/C16H25NO2/c1-13(2)10-16(11-17-12-16)8-9-19-15-6-4-14(18-3)5-7-15/h4-7,13,17H,8-12H2,1-3H3. The fourth-order valence-corrected chi connectivity index (χ4v) is 2.83. The minimum absolute atomic E-state index is 0.459. The number of nitrogens with one attached hydrogen (secondary N) is 1. The molecule has 1 N–H and O–H groups in total. The molecule has 0 amide bonds. The van der Waals surface area contributed by atoms with Crippen LogP contribution in [-0.2, 0) is 0 Å². The molecule has 19 heavy (non-hydrogen) atoms. The van der Waals surface area contributed by atoms with Crippen LogP contribution in [0.3, 0.4) is 0 Å². The molecule has 0 atom stereocenters. The lowest BCUT2D eigenvalue weighted by Gasteiger charge is -2.44. The van der Waals surface area contributed by atoms with Gasteiger partial charge in [-0.25, -0.2) is 0 Å². The van der Waals surface area contributed by atoms with E-state index in [4.69, 9.17) is 9.47 Å². The van der Waals surface area contributed by atoms with Crippen LogP contribution >= 0.6 is 0 Å². The Kier molecular flexibility index (Phi) is 4.70. The molecule has 1 aliphatic heterocycles. The monoisotopic (exact) mass is 263 g/mol. The van der Waals surface area contributed by atoms with Gasteiger partial charge in [-0.15, -0.1) is 0 Å². The van der Waals surface area contributed by atoms with Gasteiger partial charge in [0.1, 0.15) is 11.5 Å². The molecule has 106 valence electrons. The highest BCUT2D eigenvalue weighted by atomic mass is 16.5. The molecule has 0 aliphatic carbocycles. The molecule has 0 saturated carbocycles. The summed E-state index contributed by atoms with van der Waals surface area (Å²) in [6.07, 6.45) is 2.41. The van der Waals surface area contributed by atoms with Crippen molar-refractivity contribution in [1.29, 1.82) is 0 Å². The third-order valence-electron chi connectivity index (χ3n) is 3.80. The minimum Gasteiger partial charge on any atom is -0.497 e. The Morgan fingerprint density at radius 3 is 2.26 bits per heavy atom. The number of hydrogen-bond donors (Lipinski definition) is 1. The zero-order valence-electron chi connectivity index (χ0n) is 12.2. The largest absolute Gasteiger partial charge is 0.497 e. The van der Waals surface area contributed by atoms with Crippen LogP contribution in [0.25, 0.3) is 0 Å². The van der Waals surface area contributed by atoms with Gasteiger partial charge >= 0.3 is 0 Å². The summed E-state index contributed by atoms with van der Waals surface area (Å²) in [5, 5.41) is 3.40. The molecule has 3 heteroatoms. The van der Waals surface area contributed by atoms with Crippen LogP contribution in [-0.4, -0.2) is 26.8 Å². The Balaban J connectivity index is 1.78. The molecule has 1 fully saturated rings. The maximum Gasteiger partial charge on any atom is 0.119 e. The normalized spacial score (nSPS) is 17.1. The SMILES string of the molecule is COc1ccc(OCCC2(CC(C)C)CNC2)cc1. The summed E-state index contributed by atoms with van der Waals surface area (Å²) in [7, 11) is 1.68. The first-order valence-corrected chi connectivity index (χ1v) is 7.11. The van der Waals surface area contributed by atoms with E-state index in [1.165, 1.54) is 6.42 Å². The van der Waals surface area contributed by atoms with Crippen molar-refractivity contribution in [3.8, 4) is 11.5 Å². The van der Waals surface area contributed by atoms with E-state index in [0.29, 0.717) is 5.41 Å². The molecular weight excluding hydrogens is 238 g/mol. The van der Waals surface area contributed by atoms with Gasteiger partial charge in [-0.1, -0.05) is 13.8 Å². The van der Waals surface area contributed by atoms with Crippen molar-refractivity contribution in [2.24, 2.45) is 11.3 Å². The van der Waals surface area contributed by atoms with Gasteiger partial charge in [-0.3, -0.25) is 0 Å². The second-order valence-corrected chi connectivity index (χ2v) is 5.98. The average Bonchev–Trinajstić information content (AvgIpc) is 2.36. The van der Waals surface area contributed by atoms with E-state index < -0.39 is 0 Å². The molecule has 0 spiro atoms. The van der Waals surface area contributed by atoms with Crippen molar-refractivity contribution >= 4 is 0 Å². The van der Waals surface area contributed by atoms with Gasteiger partial charge in [-0.05, 0) is 48.4 Å². The fourth-order valence-electron chi connectivity index (χ4n) is 2.83. The predicted molar refractivity (Wildman–Crippen MR) is 77.9 cm³/mol. The second-order valence-electron chi connectivity index (χ2n) is 5.98. The fraction of sp³-hybridized carbons (Fsp3) is 0.625. The molecule has 2 rings (SSSR count). The topological polar surface area (TPSA) is 30.5 Å². The number of methoxy groups -OCH3 is 1. The lowest BCUT2D eigenvalue weighted by Crippen LogP contribution is -2.54. The second kappa shape index (κ2) is 6.29. The Morgan fingerprint density at radius 2 is 1.79 bits per heavy atom. The Morgan fingerprint density at radius 1 is 1.16 bits per heavy atom. The zero-order valence-corrected chi connectivity index (χ0v) is 12.2. The van der Waals surface area contributed by atoms with Crippen LogP contribution in [0, 0.1) is 11.3 Å². The van der Waals surface area contributed by atoms with E-state index >= 15 is 0 Å². The highest BCUT2D eigenvalue weighted by Gasteiger charge is 2.36. The average molecular weight is 263 g/mol. The summed E-state index contributed by atoms with van der Waals surface area (Å²) >= 11 is 0. The number of hydrogen-bond acceptors (Lipinski definition) is 3. The first-order chi connectivity index (χ1) is 9.13. The summed E-state index contributed by atoms with van der Waals surface area (Å²) in [6, 6.07) is 7.80. The molecule has 1 aliphatic rings. The summed E-state index contributed by atoms with van der Waals surface area (Å²) in [4.78, 5) is 0.